The summed E-state index contributed by atoms with van der Waals surface area (Å²) in [7, 11) is 0. The van der Waals surface area contributed by atoms with Crippen LogP contribution in [0.25, 0.3) is 6.08 Å². The average molecular weight is 501 g/mol. The molecule has 0 aromatic heterocycles. The van der Waals surface area contributed by atoms with Crippen LogP contribution in [0.4, 0.5) is 5.69 Å². The lowest BCUT2D eigenvalue weighted by atomic mass is 9.90. The van der Waals surface area contributed by atoms with E-state index in [1.807, 2.05) is 85.0 Å². The molecule has 0 atom stereocenters. The van der Waals surface area contributed by atoms with E-state index in [9.17, 15) is 4.79 Å². The highest BCUT2D eigenvalue weighted by Crippen LogP contribution is 2.36. The molecule has 2 aromatic carbocycles. The number of carbonyl (C=O) groups is 1. The summed E-state index contributed by atoms with van der Waals surface area (Å²) in [4.78, 5) is 19.4. The Morgan fingerprint density at radius 1 is 0.737 bits per heavy atom. The van der Waals surface area contributed by atoms with Crippen molar-refractivity contribution >= 4 is 23.4 Å². The third kappa shape index (κ3) is 6.27. The smallest absolute Gasteiger partial charge is 0.368 e. The molecule has 0 amide bonds. The molecule has 0 N–H and O–H groups in total. The molecule has 3 heterocycles. The molecule has 3 aliphatic heterocycles. The Morgan fingerprint density at radius 2 is 1.32 bits per heavy atom. The predicted molar refractivity (Wildman–Crippen MR) is 157 cm³/mol. The van der Waals surface area contributed by atoms with Crippen LogP contribution < -0.4 is 4.90 Å². The van der Waals surface area contributed by atoms with Crippen molar-refractivity contribution < 1.29 is 9.63 Å². The fourth-order valence-electron chi connectivity index (χ4n) is 5.06. The minimum Gasteiger partial charge on any atom is -0.371 e. The molecule has 190 valence electrons. The summed E-state index contributed by atoms with van der Waals surface area (Å²) in [6, 6.07) is 14.3. The average Bonchev–Trinajstić information content (AvgIpc) is 3.32. The second kappa shape index (κ2) is 12.7. The van der Waals surface area contributed by atoms with E-state index < -0.39 is 5.97 Å². The maximum absolute atomic E-state index is 12.0. The zero-order valence-electron chi connectivity index (χ0n) is 21.5. The van der Waals surface area contributed by atoms with Crippen molar-refractivity contribution in [2.45, 2.75) is 25.7 Å². The molecule has 2 aromatic rings. The summed E-state index contributed by atoms with van der Waals surface area (Å²) in [6.07, 6.45) is 30.5. The van der Waals surface area contributed by atoms with Crippen molar-refractivity contribution in [1.82, 2.24) is 0 Å². The highest BCUT2D eigenvalue weighted by molar-refractivity contribution is 6.28. The number of allylic oxidation sites excluding steroid dienone is 12. The zero-order chi connectivity index (χ0) is 26.0. The van der Waals surface area contributed by atoms with Gasteiger partial charge in [-0.2, -0.15) is 0 Å². The van der Waals surface area contributed by atoms with Crippen molar-refractivity contribution in [3.63, 3.8) is 0 Å². The van der Waals surface area contributed by atoms with Crippen molar-refractivity contribution in [2.75, 3.05) is 18.0 Å². The van der Waals surface area contributed by atoms with Crippen LogP contribution in [0, 0.1) is 0 Å². The molecule has 0 bridgehead atoms. The predicted octanol–water partition coefficient (Wildman–Crippen LogP) is 7.07. The molecule has 0 unspecified atom stereocenters. The molecule has 0 saturated heterocycles. The molecule has 5 rings (SSSR count). The first-order valence-electron chi connectivity index (χ1n) is 13.3. The first kappa shape index (κ1) is 25.2. The Bertz CT molecular complexity index is 1370. The Labute approximate surface area is 225 Å². The van der Waals surface area contributed by atoms with Gasteiger partial charge in [0.1, 0.15) is 5.71 Å². The second-order valence-electron chi connectivity index (χ2n) is 9.43. The number of oxime groups is 1. The number of aryl methyl sites for hydroxylation is 2. The zero-order valence-corrected chi connectivity index (χ0v) is 21.5. The minimum absolute atomic E-state index is 0.436. The summed E-state index contributed by atoms with van der Waals surface area (Å²) in [6.45, 7) is 2.43. The standard InChI is InChI=1S/C34H32N2O2/c37-34-31(32(35-38-34)28-18-12-10-13-19-28)22-14-9-7-5-3-1-2-4-6-8-11-17-27-25-29-20-15-23-36-24-16-21-30(26-27)33(29)36/h1-14,17-19,22,25-26H,15-16,20-21,23-24H2/b3-1+,4-2+,7-5+,8-6+,14-9+,17-11+,31-22-. The normalized spacial score (nSPS) is 18.7. The summed E-state index contributed by atoms with van der Waals surface area (Å²) < 4.78 is 0. The number of hydrogen-bond donors (Lipinski definition) is 0. The molecule has 4 heteroatoms. The van der Waals surface area contributed by atoms with Crippen LogP contribution in [-0.2, 0) is 22.5 Å². The van der Waals surface area contributed by atoms with Crippen LogP contribution >= 0.6 is 0 Å². The van der Waals surface area contributed by atoms with Gasteiger partial charge in [-0.15, -0.1) is 0 Å². The van der Waals surface area contributed by atoms with Crippen molar-refractivity contribution in [1.29, 1.82) is 0 Å². The summed E-state index contributed by atoms with van der Waals surface area (Å²) in [5.74, 6) is -0.436. The fraction of sp³-hybridized carbons (Fsp3) is 0.176. The number of nitrogens with zero attached hydrogens (tertiary/aromatic N) is 2. The van der Waals surface area contributed by atoms with Crippen molar-refractivity contribution in [3.8, 4) is 0 Å². The van der Waals surface area contributed by atoms with Gasteiger partial charge >= 0.3 is 5.97 Å². The number of anilines is 1. The van der Waals surface area contributed by atoms with Gasteiger partial charge in [0, 0.05) is 24.3 Å². The topological polar surface area (TPSA) is 41.9 Å². The molecule has 4 nitrogen and oxygen atoms in total. The van der Waals surface area contributed by atoms with Gasteiger partial charge in [-0.3, -0.25) is 0 Å². The number of hydrogen-bond acceptors (Lipinski definition) is 4. The SMILES string of the molecule is O=C1ON=C(c2ccccc2)/C1=C/C=C/C=C/C=C/C=C/C=C/C=C/c1cc2c3c(c1)CCCN3CCC2. The lowest BCUT2D eigenvalue weighted by molar-refractivity contribution is -0.136. The van der Waals surface area contributed by atoms with E-state index in [1.165, 1.54) is 61.2 Å². The van der Waals surface area contributed by atoms with Gasteiger partial charge in [-0.05, 0) is 60.6 Å². The van der Waals surface area contributed by atoms with Gasteiger partial charge in [0.05, 0.1) is 5.57 Å². The molecule has 0 spiro atoms. The summed E-state index contributed by atoms with van der Waals surface area (Å²) in [5.41, 5.74) is 7.73. The van der Waals surface area contributed by atoms with Gasteiger partial charge in [0.2, 0.25) is 0 Å². The van der Waals surface area contributed by atoms with E-state index in [2.05, 4.69) is 40.4 Å². The third-order valence-corrected chi connectivity index (χ3v) is 6.76. The molecular formula is C34H32N2O2. The highest BCUT2D eigenvalue weighted by atomic mass is 16.7. The summed E-state index contributed by atoms with van der Waals surface area (Å²) >= 11 is 0. The van der Waals surface area contributed by atoms with Gasteiger partial charge in [-0.25, -0.2) is 4.79 Å². The first-order chi connectivity index (χ1) is 18.8. The number of rotatable bonds is 8. The van der Waals surface area contributed by atoms with E-state index in [-0.39, 0.29) is 0 Å². The number of benzene rings is 2. The second-order valence-corrected chi connectivity index (χ2v) is 9.43. The minimum atomic E-state index is -0.436. The molecule has 3 aliphatic rings. The summed E-state index contributed by atoms with van der Waals surface area (Å²) in [5, 5.41) is 3.90. The van der Waals surface area contributed by atoms with Crippen LogP contribution in [0.3, 0.4) is 0 Å². The Balaban J connectivity index is 1.08. The van der Waals surface area contributed by atoms with E-state index in [4.69, 9.17) is 4.84 Å². The van der Waals surface area contributed by atoms with Crippen LogP contribution in [0.1, 0.15) is 35.1 Å². The van der Waals surface area contributed by atoms with Gasteiger partial charge in [0.15, 0.2) is 0 Å². The molecule has 38 heavy (non-hydrogen) atoms. The van der Waals surface area contributed by atoms with Crippen molar-refractivity contribution in [3.05, 3.63) is 143 Å². The van der Waals surface area contributed by atoms with E-state index >= 15 is 0 Å². The van der Waals surface area contributed by atoms with E-state index in [1.54, 1.807) is 6.08 Å². The number of carbonyl (C=O) groups excluding carboxylic acids is 1. The Kier molecular flexibility index (Phi) is 8.42. The van der Waals surface area contributed by atoms with Crippen LogP contribution in [-0.4, -0.2) is 24.8 Å². The highest BCUT2D eigenvalue weighted by Gasteiger charge is 2.26. The third-order valence-electron chi connectivity index (χ3n) is 6.76. The van der Waals surface area contributed by atoms with Crippen LogP contribution in [0.2, 0.25) is 0 Å². The van der Waals surface area contributed by atoms with E-state index in [0.717, 1.165) is 5.56 Å². The van der Waals surface area contributed by atoms with Gasteiger partial charge in [0.25, 0.3) is 0 Å². The Hall–Kier alpha value is -4.44. The Morgan fingerprint density at radius 3 is 1.95 bits per heavy atom. The fourth-order valence-corrected chi connectivity index (χ4v) is 5.06. The van der Waals surface area contributed by atoms with Crippen LogP contribution in [0.15, 0.2) is 126 Å². The van der Waals surface area contributed by atoms with Crippen molar-refractivity contribution in [2.24, 2.45) is 5.16 Å². The van der Waals surface area contributed by atoms with Gasteiger partial charge in [-0.1, -0.05) is 108 Å². The molecular weight excluding hydrogens is 468 g/mol. The van der Waals surface area contributed by atoms with E-state index in [0.29, 0.717) is 11.3 Å². The quantitative estimate of drug-likeness (QED) is 0.221. The first-order valence-corrected chi connectivity index (χ1v) is 13.3. The molecule has 0 radical (unpaired) electrons. The molecule has 0 aliphatic carbocycles. The lowest BCUT2D eigenvalue weighted by Gasteiger charge is -2.37. The van der Waals surface area contributed by atoms with Gasteiger partial charge < -0.3 is 9.74 Å². The largest absolute Gasteiger partial charge is 0.371 e. The lowest BCUT2D eigenvalue weighted by Crippen LogP contribution is -2.34. The maximum atomic E-state index is 12.0. The van der Waals surface area contributed by atoms with Crippen LogP contribution in [0.5, 0.6) is 0 Å². The monoisotopic (exact) mass is 500 g/mol. The maximum Gasteiger partial charge on any atom is 0.368 e. The molecule has 0 saturated carbocycles. The molecule has 0 fully saturated rings.